The van der Waals surface area contributed by atoms with Gasteiger partial charge in [0.05, 0.1) is 17.1 Å². The van der Waals surface area contributed by atoms with Gasteiger partial charge in [-0.05, 0) is 18.6 Å². The molecule has 3 nitrogen and oxygen atoms in total. The van der Waals surface area contributed by atoms with Crippen LogP contribution in [0, 0.1) is 11.3 Å². The molecule has 0 saturated heterocycles. The van der Waals surface area contributed by atoms with Crippen LogP contribution >= 0.6 is 0 Å². The predicted molar refractivity (Wildman–Crippen MR) is 54.6 cm³/mol. The van der Waals surface area contributed by atoms with Crippen LogP contribution in [-0.4, -0.2) is 9.97 Å². The van der Waals surface area contributed by atoms with Crippen molar-refractivity contribution in [1.82, 2.24) is 9.97 Å². The fraction of sp³-hybridized carbons (Fsp3) is 0.273. The molecule has 0 radical (unpaired) electrons. The molecule has 70 valence electrons. The molecule has 0 amide bonds. The lowest BCUT2D eigenvalue weighted by Crippen LogP contribution is -1.86. The molecule has 2 aromatic rings. The number of fused-ring (bicyclic) bond motifs is 1. The van der Waals surface area contributed by atoms with Crippen LogP contribution in [-0.2, 0) is 6.42 Å². The van der Waals surface area contributed by atoms with Crippen molar-refractivity contribution in [2.75, 3.05) is 0 Å². The summed E-state index contributed by atoms with van der Waals surface area (Å²) in [6.45, 7) is 0. The maximum Gasteiger partial charge on any atom is 0.107 e. The van der Waals surface area contributed by atoms with E-state index < -0.39 is 0 Å². The van der Waals surface area contributed by atoms with Gasteiger partial charge in [-0.15, -0.1) is 0 Å². The smallest absolute Gasteiger partial charge is 0.107 e. The lowest BCUT2D eigenvalue weighted by Gasteiger charge is -1.89. The number of benzene rings is 1. The van der Waals surface area contributed by atoms with Gasteiger partial charge in [0.2, 0.25) is 0 Å². The molecule has 0 aliphatic carbocycles. The Kier molecular flexibility index (Phi) is 2.46. The molecule has 3 heteroatoms. The largest absolute Gasteiger partial charge is 0.342 e. The number of imidazole rings is 1. The quantitative estimate of drug-likeness (QED) is 0.746. The van der Waals surface area contributed by atoms with E-state index in [1.807, 2.05) is 24.3 Å². The molecule has 1 aromatic heterocycles. The number of para-hydroxylation sites is 2. The molecule has 0 fully saturated rings. The summed E-state index contributed by atoms with van der Waals surface area (Å²) in [6, 6.07) is 10.1. The Labute approximate surface area is 82.4 Å². The molecular weight excluding hydrogens is 174 g/mol. The first-order chi connectivity index (χ1) is 6.90. The van der Waals surface area contributed by atoms with E-state index in [9.17, 15) is 0 Å². The van der Waals surface area contributed by atoms with Crippen molar-refractivity contribution in [3.63, 3.8) is 0 Å². The monoisotopic (exact) mass is 185 g/mol. The number of aromatic amines is 1. The normalized spacial score (nSPS) is 10.2. The maximum atomic E-state index is 8.40. The molecule has 1 heterocycles. The Bertz CT molecular complexity index is 432. The Hall–Kier alpha value is -1.82. The molecule has 0 bridgehead atoms. The number of rotatable bonds is 3. The van der Waals surface area contributed by atoms with Crippen LogP contribution in [0.1, 0.15) is 18.7 Å². The zero-order valence-corrected chi connectivity index (χ0v) is 7.83. The highest BCUT2D eigenvalue weighted by atomic mass is 14.9. The summed E-state index contributed by atoms with van der Waals surface area (Å²) in [5.74, 6) is 0.974. The minimum atomic E-state index is 0.594. The van der Waals surface area contributed by atoms with Crippen molar-refractivity contribution in [3.8, 4) is 6.07 Å². The maximum absolute atomic E-state index is 8.40. The van der Waals surface area contributed by atoms with Crippen LogP contribution in [0.4, 0.5) is 0 Å². The molecular formula is C11H11N3. The van der Waals surface area contributed by atoms with Gasteiger partial charge in [-0.1, -0.05) is 12.1 Å². The zero-order valence-electron chi connectivity index (χ0n) is 7.83. The van der Waals surface area contributed by atoms with E-state index in [-0.39, 0.29) is 0 Å². The van der Waals surface area contributed by atoms with Crippen molar-refractivity contribution in [1.29, 1.82) is 5.26 Å². The summed E-state index contributed by atoms with van der Waals surface area (Å²) in [5.41, 5.74) is 2.07. The second-order valence-electron chi connectivity index (χ2n) is 3.21. The summed E-state index contributed by atoms with van der Waals surface area (Å²) in [6.07, 6.45) is 2.32. The summed E-state index contributed by atoms with van der Waals surface area (Å²) in [4.78, 5) is 7.65. The van der Waals surface area contributed by atoms with Crippen molar-refractivity contribution < 1.29 is 0 Å². The highest BCUT2D eigenvalue weighted by Gasteiger charge is 2.00. The van der Waals surface area contributed by atoms with E-state index in [2.05, 4.69) is 16.0 Å². The summed E-state index contributed by atoms with van der Waals surface area (Å²) < 4.78 is 0. The fourth-order valence-electron chi connectivity index (χ4n) is 1.46. The van der Waals surface area contributed by atoms with E-state index in [0.29, 0.717) is 6.42 Å². The number of hydrogen-bond donors (Lipinski definition) is 1. The Morgan fingerprint density at radius 1 is 1.36 bits per heavy atom. The van der Waals surface area contributed by atoms with Gasteiger partial charge < -0.3 is 4.98 Å². The zero-order chi connectivity index (χ0) is 9.80. The number of unbranched alkanes of at least 4 members (excludes halogenated alkanes) is 1. The molecule has 14 heavy (non-hydrogen) atoms. The van der Waals surface area contributed by atoms with E-state index >= 15 is 0 Å². The van der Waals surface area contributed by atoms with E-state index in [1.54, 1.807) is 0 Å². The van der Waals surface area contributed by atoms with Gasteiger partial charge in [-0.2, -0.15) is 5.26 Å². The van der Waals surface area contributed by atoms with Gasteiger partial charge in [0.15, 0.2) is 0 Å². The molecule has 0 aliphatic heterocycles. The standard InChI is InChI=1S/C11H11N3/c12-8-4-3-7-11-13-9-5-1-2-6-10(9)14-11/h1-2,5-6H,3-4,7H2,(H,13,14). The first-order valence-corrected chi connectivity index (χ1v) is 4.71. The lowest BCUT2D eigenvalue weighted by molar-refractivity contribution is 0.809. The van der Waals surface area contributed by atoms with E-state index in [0.717, 1.165) is 29.7 Å². The van der Waals surface area contributed by atoms with Crippen molar-refractivity contribution in [2.24, 2.45) is 0 Å². The third kappa shape index (κ3) is 1.74. The predicted octanol–water partition coefficient (Wildman–Crippen LogP) is 2.41. The topological polar surface area (TPSA) is 52.5 Å². The molecule has 0 spiro atoms. The van der Waals surface area contributed by atoms with Gasteiger partial charge in [-0.25, -0.2) is 4.98 Å². The molecule has 0 aliphatic rings. The molecule has 2 rings (SSSR count). The lowest BCUT2D eigenvalue weighted by atomic mass is 10.2. The van der Waals surface area contributed by atoms with E-state index in [1.165, 1.54) is 0 Å². The highest BCUT2D eigenvalue weighted by molar-refractivity contribution is 5.74. The number of nitrogens with one attached hydrogen (secondary N) is 1. The highest BCUT2D eigenvalue weighted by Crippen LogP contribution is 2.11. The molecule has 0 unspecified atom stereocenters. The fourth-order valence-corrected chi connectivity index (χ4v) is 1.46. The van der Waals surface area contributed by atoms with Crippen molar-refractivity contribution in [2.45, 2.75) is 19.3 Å². The van der Waals surface area contributed by atoms with Crippen LogP contribution < -0.4 is 0 Å². The van der Waals surface area contributed by atoms with Gasteiger partial charge in [0.1, 0.15) is 5.82 Å². The number of hydrogen-bond acceptors (Lipinski definition) is 2. The first-order valence-electron chi connectivity index (χ1n) is 4.71. The van der Waals surface area contributed by atoms with Gasteiger partial charge in [0, 0.05) is 12.8 Å². The number of aryl methyl sites for hydroxylation is 1. The van der Waals surface area contributed by atoms with Crippen molar-refractivity contribution >= 4 is 11.0 Å². The van der Waals surface area contributed by atoms with Crippen LogP contribution in [0.3, 0.4) is 0 Å². The number of H-pyrrole nitrogens is 1. The number of nitriles is 1. The summed E-state index contributed by atoms with van der Waals surface area (Å²) >= 11 is 0. The SMILES string of the molecule is N#CCCCc1nc2ccccc2[nH]1. The third-order valence-electron chi connectivity index (χ3n) is 2.14. The second kappa shape index (κ2) is 3.93. The van der Waals surface area contributed by atoms with Crippen LogP contribution in [0.15, 0.2) is 24.3 Å². The molecule has 1 aromatic carbocycles. The molecule has 0 saturated carbocycles. The van der Waals surface area contributed by atoms with Gasteiger partial charge in [0.25, 0.3) is 0 Å². The number of aromatic nitrogens is 2. The number of nitrogens with zero attached hydrogens (tertiary/aromatic N) is 2. The Morgan fingerprint density at radius 2 is 2.21 bits per heavy atom. The molecule has 1 N–H and O–H groups in total. The average Bonchev–Trinajstić information content (AvgIpc) is 2.60. The van der Waals surface area contributed by atoms with Crippen LogP contribution in [0.2, 0.25) is 0 Å². The summed E-state index contributed by atoms with van der Waals surface area (Å²) in [5, 5.41) is 8.40. The molecule has 0 atom stereocenters. The summed E-state index contributed by atoms with van der Waals surface area (Å²) in [7, 11) is 0. The van der Waals surface area contributed by atoms with Gasteiger partial charge in [-0.3, -0.25) is 0 Å². The third-order valence-corrected chi connectivity index (χ3v) is 2.14. The van der Waals surface area contributed by atoms with Crippen molar-refractivity contribution in [3.05, 3.63) is 30.1 Å². The Morgan fingerprint density at radius 3 is 3.00 bits per heavy atom. The first kappa shape index (κ1) is 8.76. The van der Waals surface area contributed by atoms with Crippen LogP contribution in [0.25, 0.3) is 11.0 Å². The average molecular weight is 185 g/mol. The second-order valence-corrected chi connectivity index (χ2v) is 3.21. The van der Waals surface area contributed by atoms with E-state index in [4.69, 9.17) is 5.26 Å². The Balaban J connectivity index is 2.15. The minimum Gasteiger partial charge on any atom is -0.342 e. The van der Waals surface area contributed by atoms with Crippen LogP contribution in [0.5, 0.6) is 0 Å². The van der Waals surface area contributed by atoms with Gasteiger partial charge >= 0.3 is 0 Å². The minimum absolute atomic E-state index is 0.594.